The Labute approximate surface area is 194 Å². The van der Waals surface area contributed by atoms with E-state index in [2.05, 4.69) is 9.88 Å². The molecule has 1 saturated heterocycles. The molecule has 0 N–H and O–H groups in total. The molecule has 7 nitrogen and oxygen atoms in total. The van der Waals surface area contributed by atoms with Crippen molar-refractivity contribution in [1.29, 1.82) is 0 Å². The smallest absolute Gasteiger partial charge is 0.246 e. The van der Waals surface area contributed by atoms with Crippen LogP contribution in [0.2, 0.25) is 0 Å². The van der Waals surface area contributed by atoms with Crippen molar-refractivity contribution < 1.29 is 14.3 Å². The van der Waals surface area contributed by atoms with Gasteiger partial charge in [0.25, 0.3) is 0 Å². The van der Waals surface area contributed by atoms with Gasteiger partial charge in [0.1, 0.15) is 5.82 Å². The highest BCUT2D eigenvalue weighted by Crippen LogP contribution is 2.28. The van der Waals surface area contributed by atoms with Crippen molar-refractivity contribution in [2.24, 2.45) is 0 Å². The first-order valence-electron chi connectivity index (χ1n) is 11.1. The fraction of sp³-hybridized carbons (Fsp3) is 0.269. The second kappa shape index (κ2) is 10.6. The van der Waals surface area contributed by atoms with Gasteiger partial charge in [-0.2, -0.15) is 0 Å². The van der Waals surface area contributed by atoms with Crippen molar-refractivity contribution >= 4 is 17.8 Å². The van der Waals surface area contributed by atoms with Crippen LogP contribution in [0, 0.1) is 0 Å². The highest BCUT2D eigenvalue weighted by atomic mass is 16.5. The van der Waals surface area contributed by atoms with Crippen molar-refractivity contribution in [2.75, 3.05) is 44.8 Å². The Morgan fingerprint density at radius 1 is 1.03 bits per heavy atom. The van der Waals surface area contributed by atoms with E-state index >= 15 is 0 Å². The van der Waals surface area contributed by atoms with E-state index in [1.54, 1.807) is 19.4 Å². The molecule has 0 atom stereocenters. The van der Waals surface area contributed by atoms with E-state index in [0.717, 1.165) is 30.0 Å². The molecule has 0 unspecified atom stereocenters. The minimum absolute atomic E-state index is 0.00362. The maximum Gasteiger partial charge on any atom is 0.246 e. The lowest BCUT2D eigenvalue weighted by molar-refractivity contribution is -0.126. The molecule has 4 rings (SSSR count). The van der Waals surface area contributed by atoms with Crippen LogP contribution in [0.5, 0.6) is 11.5 Å². The molecule has 170 valence electrons. The molecular weight excluding hydrogens is 416 g/mol. The predicted octanol–water partition coefficient (Wildman–Crippen LogP) is 3.91. The lowest BCUT2D eigenvalue weighted by Gasteiger charge is -2.35. The Morgan fingerprint density at radius 3 is 2.55 bits per heavy atom. The number of hydrogen-bond donors (Lipinski definition) is 0. The zero-order valence-electron chi connectivity index (χ0n) is 19.0. The molecule has 1 aromatic heterocycles. The van der Waals surface area contributed by atoms with E-state index < -0.39 is 0 Å². The van der Waals surface area contributed by atoms with Crippen LogP contribution < -0.4 is 14.4 Å². The Hall–Kier alpha value is -3.87. The summed E-state index contributed by atoms with van der Waals surface area (Å²) < 4.78 is 10.9. The van der Waals surface area contributed by atoms with Crippen LogP contribution in [0.4, 0.5) is 5.82 Å². The Kier molecular flexibility index (Phi) is 7.19. The number of carbonyl (C=O) groups is 1. The number of benzene rings is 2. The minimum atomic E-state index is -0.00362. The third-order valence-electron chi connectivity index (χ3n) is 5.49. The van der Waals surface area contributed by atoms with E-state index in [4.69, 9.17) is 14.5 Å². The highest BCUT2D eigenvalue weighted by molar-refractivity contribution is 5.92. The number of carbonyl (C=O) groups excluding carboxylic acids is 1. The summed E-state index contributed by atoms with van der Waals surface area (Å²) in [6.07, 6.45) is 5.22. The van der Waals surface area contributed by atoms with Crippen LogP contribution in [0.25, 0.3) is 17.5 Å². The molecule has 33 heavy (non-hydrogen) atoms. The number of aromatic nitrogens is 2. The van der Waals surface area contributed by atoms with Gasteiger partial charge in [-0.15, -0.1) is 0 Å². The number of piperazine rings is 1. The van der Waals surface area contributed by atoms with Crippen LogP contribution in [0.15, 0.2) is 66.9 Å². The summed E-state index contributed by atoms with van der Waals surface area (Å²) >= 11 is 0. The average Bonchev–Trinajstić information content (AvgIpc) is 2.88. The zero-order valence-corrected chi connectivity index (χ0v) is 19.0. The number of rotatable bonds is 7. The lowest BCUT2D eigenvalue weighted by atomic mass is 10.2. The molecule has 0 spiro atoms. The molecule has 0 aliphatic carbocycles. The van der Waals surface area contributed by atoms with E-state index in [1.807, 2.05) is 72.5 Å². The summed E-state index contributed by atoms with van der Waals surface area (Å²) in [5, 5.41) is 0. The van der Waals surface area contributed by atoms with Crippen LogP contribution in [0.3, 0.4) is 0 Å². The van der Waals surface area contributed by atoms with Crippen molar-refractivity contribution in [3.8, 4) is 22.9 Å². The van der Waals surface area contributed by atoms with Gasteiger partial charge in [0, 0.05) is 44.0 Å². The summed E-state index contributed by atoms with van der Waals surface area (Å²) in [6.45, 7) is 5.20. The van der Waals surface area contributed by atoms with Crippen LogP contribution >= 0.6 is 0 Å². The van der Waals surface area contributed by atoms with Crippen molar-refractivity contribution in [3.63, 3.8) is 0 Å². The summed E-state index contributed by atoms with van der Waals surface area (Å²) in [6, 6.07) is 17.5. The normalized spacial score (nSPS) is 13.9. The SMILES string of the molecule is CCOc1cc(/C=C/C(=O)N2CCN(c3ccnc(-c4ccccc4)n3)CC2)ccc1OC. The molecule has 3 aromatic rings. The van der Waals surface area contributed by atoms with Gasteiger partial charge in [-0.05, 0) is 36.8 Å². The number of ether oxygens (including phenoxy) is 2. The topological polar surface area (TPSA) is 67.8 Å². The molecule has 0 bridgehead atoms. The van der Waals surface area contributed by atoms with Crippen molar-refractivity contribution in [2.45, 2.75) is 6.92 Å². The lowest BCUT2D eigenvalue weighted by Crippen LogP contribution is -2.48. The van der Waals surface area contributed by atoms with Crippen LogP contribution in [-0.2, 0) is 4.79 Å². The largest absolute Gasteiger partial charge is 0.493 e. The summed E-state index contributed by atoms with van der Waals surface area (Å²) in [4.78, 5) is 25.9. The van der Waals surface area contributed by atoms with Gasteiger partial charge in [0.05, 0.1) is 13.7 Å². The molecule has 1 aliphatic rings. The first kappa shape index (κ1) is 22.3. The molecule has 0 radical (unpaired) electrons. The summed E-state index contributed by atoms with van der Waals surface area (Å²) in [5.74, 6) is 2.93. The monoisotopic (exact) mass is 444 g/mol. The number of methoxy groups -OCH3 is 1. The predicted molar refractivity (Wildman–Crippen MR) is 129 cm³/mol. The Bertz CT molecular complexity index is 1110. The Balaban J connectivity index is 1.36. The van der Waals surface area contributed by atoms with Gasteiger partial charge in [-0.1, -0.05) is 36.4 Å². The Morgan fingerprint density at radius 2 is 1.82 bits per heavy atom. The molecule has 0 saturated carbocycles. The summed E-state index contributed by atoms with van der Waals surface area (Å²) in [5.41, 5.74) is 1.88. The van der Waals surface area contributed by atoms with E-state index in [0.29, 0.717) is 37.0 Å². The van der Waals surface area contributed by atoms with Crippen molar-refractivity contribution in [1.82, 2.24) is 14.9 Å². The average molecular weight is 445 g/mol. The number of anilines is 1. The maximum atomic E-state index is 12.7. The molecule has 7 heteroatoms. The van der Waals surface area contributed by atoms with Gasteiger partial charge in [-0.3, -0.25) is 4.79 Å². The van der Waals surface area contributed by atoms with Gasteiger partial charge >= 0.3 is 0 Å². The number of nitrogens with zero attached hydrogens (tertiary/aromatic N) is 4. The minimum Gasteiger partial charge on any atom is -0.493 e. The quantitative estimate of drug-likeness (QED) is 0.515. The van der Waals surface area contributed by atoms with Gasteiger partial charge in [0.2, 0.25) is 5.91 Å². The number of amides is 1. The standard InChI is InChI=1S/C26H28N4O3/c1-3-33-23-19-20(9-11-22(23)32-2)10-12-25(31)30-17-15-29(16-18-30)24-13-14-27-26(28-24)21-7-5-4-6-8-21/h4-14,19H,3,15-18H2,1-2H3/b12-10+. The van der Waals surface area contributed by atoms with Crippen LogP contribution in [-0.4, -0.2) is 60.7 Å². The van der Waals surface area contributed by atoms with Crippen molar-refractivity contribution in [3.05, 3.63) is 72.4 Å². The van der Waals surface area contributed by atoms with Crippen LogP contribution in [0.1, 0.15) is 12.5 Å². The summed E-state index contributed by atoms with van der Waals surface area (Å²) in [7, 11) is 1.61. The molecule has 2 heterocycles. The third kappa shape index (κ3) is 5.49. The number of hydrogen-bond acceptors (Lipinski definition) is 6. The van der Waals surface area contributed by atoms with E-state index in [-0.39, 0.29) is 5.91 Å². The third-order valence-corrected chi connectivity index (χ3v) is 5.49. The molecule has 1 fully saturated rings. The maximum absolute atomic E-state index is 12.7. The van der Waals surface area contributed by atoms with E-state index in [9.17, 15) is 4.79 Å². The molecule has 1 aliphatic heterocycles. The van der Waals surface area contributed by atoms with Gasteiger partial charge < -0.3 is 19.3 Å². The van der Waals surface area contributed by atoms with Gasteiger partial charge in [0.15, 0.2) is 17.3 Å². The first-order chi connectivity index (χ1) is 16.2. The zero-order chi connectivity index (χ0) is 23.0. The van der Waals surface area contributed by atoms with E-state index in [1.165, 1.54) is 0 Å². The fourth-order valence-electron chi connectivity index (χ4n) is 3.75. The second-order valence-electron chi connectivity index (χ2n) is 7.59. The second-order valence-corrected chi connectivity index (χ2v) is 7.59. The molecule has 2 aromatic carbocycles. The fourth-order valence-corrected chi connectivity index (χ4v) is 3.75. The first-order valence-corrected chi connectivity index (χ1v) is 11.1. The van der Waals surface area contributed by atoms with Gasteiger partial charge in [-0.25, -0.2) is 9.97 Å². The highest BCUT2D eigenvalue weighted by Gasteiger charge is 2.21. The molecule has 1 amide bonds. The molecular formula is C26H28N4O3.